The van der Waals surface area contributed by atoms with Crippen molar-refractivity contribution in [3.63, 3.8) is 0 Å². The lowest BCUT2D eigenvalue weighted by Gasteiger charge is -2.14. The molecule has 1 amide bonds. The minimum atomic E-state index is -4.61. The zero-order valence-electron chi connectivity index (χ0n) is 26.8. The fourth-order valence-electron chi connectivity index (χ4n) is 4.83. The average Bonchev–Trinajstić information content (AvgIpc) is 3.39. The van der Waals surface area contributed by atoms with Gasteiger partial charge in [0.25, 0.3) is 0 Å². The van der Waals surface area contributed by atoms with Gasteiger partial charge in [-0.25, -0.2) is 4.98 Å². The SMILES string of the molecule is CCCCOCCOc1ccc(-c2ccc(C(F)(F)F)c(/C=C/C(=O)Nc3ccc([S@+]([O-])Cc4c(C)ncn4CCC)cc3)c2)cc1. The number of hydrogen-bond donors (Lipinski definition) is 1. The van der Waals surface area contributed by atoms with E-state index in [0.29, 0.717) is 53.0 Å². The Morgan fingerprint density at radius 1 is 0.979 bits per heavy atom. The summed E-state index contributed by atoms with van der Waals surface area (Å²) in [7, 11) is 0. The third-order valence-electron chi connectivity index (χ3n) is 7.37. The summed E-state index contributed by atoms with van der Waals surface area (Å²) in [5.41, 5.74) is 2.45. The number of alkyl halides is 3. The van der Waals surface area contributed by atoms with Crippen LogP contribution in [0.5, 0.6) is 5.75 Å². The summed E-state index contributed by atoms with van der Waals surface area (Å²) >= 11 is -1.33. The van der Waals surface area contributed by atoms with Gasteiger partial charge >= 0.3 is 6.18 Å². The van der Waals surface area contributed by atoms with Crippen LogP contribution < -0.4 is 10.1 Å². The third kappa shape index (κ3) is 10.5. The maximum absolute atomic E-state index is 13.8. The van der Waals surface area contributed by atoms with E-state index in [9.17, 15) is 22.5 Å². The Balaban J connectivity index is 1.40. The molecule has 0 radical (unpaired) electrons. The normalized spacial score (nSPS) is 12.4. The molecule has 0 aliphatic heterocycles. The molecule has 4 aromatic rings. The van der Waals surface area contributed by atoms with Gasteiger partial charge in [0.05, 0.1) is 29.9 Å². The number of halogens is 3. The highest BCUT2D eigenvalue weighted by Gasteiger charge is 2.32. The molecule has 1 heterocycles. The van der Waals surface area contributed by atoms with Crippen LogP contribution in [0.3, 0.4) is 0 Å². The zero-order valence-corrected chi connectivity index (χ0v) is 27.6. The summed E-state index contributed by atoms with van der Waals surface area (Å²) in [5.74, 6) is 0.343. The van der Waals surface area contributed by atoms with Gasteiger partial charge in [-0.2, -0.15) is 13.2 Å². The molecule has 0 saturated carbocycles. The fourth-order valence-corrected chi connectivity index (χ4v) is 6.05. The second kappa shape index (κ2) is 17.2. The first-order chi connectivity index (χ1) is 22.6. The van der Waals surface area contributed by atoms with Crippen LogP contribution in [0.2, 0.25) is 0 Å². The molecule has 3 aromatic carbocycles. The predicted molar refractivity (Wildman–Crippen MR) is 180 cm³/mol. The smallest absolute Gasteiger partial charge is 0.416 e. The number of nitrogens with one attached hydrogen (secondary N) is 1. The van der Waals surface area contributed by atoms with Crippen LogP contribution in [0.25, 0.3) is 17.2 Å². The summed E-state index contributed by atoms with van der Waals surface area (Å²) in [6, 6.07) is 17.4. The van der Waals surface area contributed by atoms with Crippen LogP contribution in [0.15, 0.2) is 84.0 Å². The number of aromatic nitrogens is 2. The van der Waals surface area contributed by atoms with E-state index < -0.39 is 28.8 Å². The molecule has 0 spiro atoms. The van der Waals surface area contributed by atoms with Crippen molar-refractivity contribution in [1.29, 1.82) is 0 Å². The van der Waals surface area contributed by atoms with E-state index in [1.54, 1.807) is 54.9 Å². The van der Waals surface area contributed by atoms with E-state index in [1.807, 2.05) is 11.5 Å². The second-order valence-corrected chi connectivity index (χ2v) is 12.4. The number of anilines is 1. The number of amides is 1. The Kier molecular flexibility index (Phi) is 13.1. The molecule has 0 aliphatic carbocycles. The Morgan fingerprint density at radius 2 is 1.70 bits per heavy atom. The first-order valence-corrected chi connectivity index (χ1v) is 16.9. The van der Waals surface area contributed by atoms with Crippen molar-refractivity contribution >= 4 is 28.8 Å². The molecule has 0 saturated heterocycles. The summed E-state index contributed by atoms with van der Waals surface area (Å²) in [4.78, 5) is 17.6. The van der Waals surface area contributed by atoms with Gasteiger partial charge in [-0.05, 0) is 102 Å². The Labute approximate surface area is 277 Å². The standard InChI is InChI=1S/C36H40F3N3O4S/c1-4-6-20-45-21-22-46-31-13-7-27(8-14-31)28-9-17-33(36(37,38)39)29(23-28)10-18-35(43)41-30-11-15-32(16-12-30)47(44)24-34-26(3)40-25-42(34)19-5-2/h7-18,23,25H,4-6,19-22,24H2,1-3H3,(H,41,43)/b18-10+/t47-/m1/s1. The van der Waals surface area contributed by atoms with Crippen LogP contribution in [0, 0.1) is 6.92 Å². The highest BCUT2D eigenvalue weighted by atomic mass is 32.2. The molecule has 0 bridgehead atoms. The van der Waals surface area contributed by atoms with Gasteiger partial charge < -0.3 is 23.9 Å². The number of benzene rings is 3. The lowest BCUT2D eigenvalue weighted by Crippen LogP contribution is -2.12. The molecule has 1 atom stereocenters. The van der Waals surface area contributed by atoms with Crippen LogP contribution in [-0.2, 0) is 39.2 Å². The summed E-state index contributed by atoms with van der Waals surface area (Å²) in [6.45, 7) is 8.40. The van der Waals surface area contributed by atoms with Crippen LogP contribution in [0.4, 0.5) is 18.9 Å². The summed E-state index contributed by atoms with van der Waals surface area (Å²) in [6.07, 6.45) is 2.36. The molecule has 47 heavy (non-hydrogen) atoms. The van der Waals surface area contributed by atoms with Crippen molar-refractivity contribution in [2.75, 3.05) is 25.1 Å². The number of unbranched alkanes of at least 4 members (excludes halogenated alkanes) is 1. The van der Waals surface area contributed by atoms with Gasteiger partial charge in [-0.3, -0.25) is 4.79 Å². The molecule has 1 aromatic heterocycles. The van der Waals surface area contributed by atoms with Crippen LogP contribution >= 0.6 is 0 Å². The molecular formula is C36H40F3N3O4S. The number of nitrogens with zero attached hydrogens (tertiary/aromatic N) is 2. The minimum absolute atomic E-state index is 0.141. The molecule has 4 rings (SSSR count). The topological polar surface area (TPSA) is 88.4 Å². The fraction of sp³-hybridized carbons (Fsp3) is 0.333. The third-order valence-corrected chi connectivity index (χ3v) is 8.70. The number of carbonyl (C=O) groups excluding carboxylic acids is 1. The van der Waals surface area contributed by atoms with E-state index in [2.05, 4.69) is 24.1 Å². The number of rotatable bonds is 16. The quantitative estimate of drug-likeness (QED) is 0.0736. The van der Waals surface area contributed by atoms with Gasteiger partial charge in [0.1, 0.15) is 12.4 Å². The van der Waals surface area contributed by atoms with E-state index in [1.165, 1.54) is 12.1 Å². The maximum Gasteiger partial charge on any atom is 0.416 e. The maximum atomic E-state index is 13.8. The number of aryl methyl sites for hydroxylation is 2. The van der Waals surface area contributed by atoms with E-state index in [0.717, 1.165) is 55.4 Å². The molecule has 0 unspecified atom stereocenters. The zero-order chi connectivity index (χ0) is 33.8. The Morgan fingerprint density at radius 3 is 2.38 bits per heavy atom. The molecule has 7 nitrogen and oxygen atoms in total. The van der Waals surface area contributed by atoms with Gasteiger partial charge in [-0.15, -0.1) is 0 Å². The lowest BCUT2D eigenvalue weighted by atomic mass is 9.98. The van der Waals surface area contributed by atoms with Crippen molar-refractivity contribution < 1.29 is 32.0 Å². The van der Waals surface area contributed by atoms with Gasteiger partial charge in [0, 0.05) is 24.9 Å². The van der Waals surface area contributed by atoms with Crippen LogP contribution in [-0.4, -0.2) is 39.8 Å². The second-order valence-electron chi connectivity index (χ2n) is 10.9. The van der Waals surface area contributed by atoms with Gasteiger partial charge in [0.2, 0.25) is 5.91 Å². The van der Waals surface area contributed by atoms with E-state index in [4.69, 9.17) is 9.47 Å². The molecular weight excluding hydrogens is 627 g/mol. The van der Waals surface area contributed by atoms with E-state index >= 15 is 0 Å². The summed E-state index contributed by atoms with van der Waals surface area (Å²) < 4.78 is 67.7. The number of ether oxygens (including phenoxy) is 2. The lowest BCUT2D eigenvalue weighted by molar-refractivity contribution is -0.137. The van der Waals surface area contributed by atoms with Gasteiger partial charge in [-0.1, -0.05) is 38.5 Å². The number of hydrogen-bond acceptors (Lipinski definition) is 5. The first-order valence-electron chi connectivity index (χ1n) is 15.6. The average molecular weight is 668 g/mol. The highest BCUT2D eigenvalue weighted by Crippen LogP contribution is 2.35. The van der Waals surface area contributed by atoms with Crippen molar-refractivity contribution in [2.45, 2.75) is 63.4 Å². The monoisotopic (exact) mass is 667 g/mol. The van der Waals surface area contributed by atoms with Crippen molar-refractivity contribution in [3.05, 3.63) is 102 Å². The molecule has 0 aliphatic rings. The molecule has 11 heteroatoms. The highest BCUT2D eigenvalue weighted by molar-refractivity contribution is 7.90. The van der Waals surface area contributed by atoms with Crippen molar-refractivity contribution in [3.8, 4) is 16.9 Å². The Hall–Kier alpha value is -4.06. The first kappa shape index (κ1) is 35.8. The van der Waals surface area contributed by atoms with E-state index in [-0.39, 0.29) is 5.56 Å². The minimum Gasteiger partial charge on any atom is -0.611 e. The Bertz CT molecular complexity index is 1620. The number of imidazole rings is 1. The number of carbonyl (C=O) groups is 1. The summed E-state index contributed by atoms with van der Waals surface area (Å²) in [5, 5.41) is 2.66. The molecule has 250 valence electrons. The van der Waals surface area contributed by atoms with Crippen LogP contribution in [0.1, 0.15) is 55.6 Å². The van der Waals surface area contributed by atoms with Crippen molar-refractivity contribution in [2.24, 2.45) is 0 Å². The van der Waals surface area contributed by atoms with Gasteiger partial charge in [0.15, 0.2) is 10.6 Å². The van der Waals surface area contributed by atoms with Crippen molar-refractivity contribution in [1.82, 2.24) is 9.55 Å². The largest absolute Gasteiger partial charge is 0.611 e. The molecule has 0 fully saturated rings. The predicted octanol–water partition coefficient (Wildman–Crippen LogP) is 8.44. The molecule has 1 N–H and O–H groups in total.